The fourth-order valence-corrected chi connectivity index (χ4v) is 4.59. The summed E-state index contributed by atoms with van der Waals surface area (Å²) in [4.78, 5) is 22.8. The van der Waals surface area contributed by atoms with E-state index in [2.05, 4.69) is 4.98 Å². The summed E-state index contributed by atoms with van der Waals surface area (Å²) in [6.07, 6.45) is 3.77. The monoisotopic (exact) mass is 462 g/mol. The number of imidazole rings is 1. The lowest BCUT2D eigenvalue weighted by Crippen LogP contribution is -2.24. The first-order valence-electron chi connectivity index (χ1n) is 9.99. The number of rotatable bonds is 6. The highest BCUT2D eigenvalue weighted by atomic mass is 35.5. The number of thioether (sulfide) groups is 1. The summed E-state index contributed by atoms with van der Waals surface area (Å²) in [6.45, 7) is 0.420. The Morgan fingerprint density at radius 1 is 1.00 bits per heavy atom. The van der Waals surface area contributed by atoms with Crippen molar-refractivity contribution >= 4 is 39.9 Å². The van der Waals surface area contributed by atoms with E-state index >= 15 is 0 Å². The molecule has 0 saturated heterocycles. The van der Waals surface area contributed by atoms with E-state index in [0.29, 0.717) is 33.4 Å². The van der Waals surface area contributed by atoms with Gasteiger partial charge in [-0.15, -0.1) is 0 Å². The highest BCUT2D eigenvalue weighted by molar-refractivity contribution is 7.98. The Morgan fingerprint density at radius 3 is 2.62 bits per heavy atom. The summed E-state index contributed by atoms with van der Waals surface area (Å²) in [7, 11) is 1.63. The molecular formula is C24H19ClN4O2S. The predicted molar refractivity (Wildman–Crippen MR) is 128 cm³/mol. The van der Waals surface area contributed by atoms with Crippen LogP contribution in [-0.4, -0.2) is 26.0 Å². The van der Waals surface area contributed by atoms with Crippen LogP contribution in [0.1, 0.15) is 11.3 Å². The molecule has 0 fully saturated rings. The molecule has 3 aromatic heterocycles. The van der Waals surface area contributed by atoms with Crippen molar-refractivity contribution in [1.82, 2.24) is 18.9 Å². The van der Waals surface area contributed by atoms with Gasteiger partial charge in [0, 0.05) is 18.1 Å². The van der Waals surface area contributed by atoms with Gasteiger partial charge in [0.2, 0.25) is 0 Å². The van der Waals surface area contributed by atoms with Crippen LogP contribution in [0.2, 0.25) is 5.02 Å². The number of halogens is 1. The van der Waals surface area contributed by atoms with E-state index in [-0.39, 0.29) is 5.56 Å². The number of benzene rings is 2. The molecule has 6 nitrogen and oxygen atoms in total. The van der Waals surface area contributed by atoms with E-state index in [4.69, 9.17) is 21.3 Å². The van der Waals surface area contributed by atoms with Crippen LogP contribution in [0, 0.1) is 0 Å². The number of methoxy groups -OCH3 is 1. The Bertz CT molecular complexity index is 1480. The van der Waals surface area contributed by atoms with Crippen LogP contribution >= 0.6 is 23.4 Å². The summed E-state index contributed by atoms with van der Waals surface area (Å²) >= 11 is 7.57. The molecule has 0 spiro atoms. The quantitative estimate of drug-likeness (QED) is 0.261. The molecule has 8 heteroatoms. The van der Waals surface area contributed by atoms with Gasteiger partial charge < -0.3 is 9.14 Å². The zero-order chi connectivity index (χ0) is 22.1. The normalized spacial score (nSPS) is 11.3. The first-order chi connectivity index (χ1) is 15.6. The molecule has 0 saturated carbocycles. The molecule has 3 heterocycles. The Morgan fingerprint density at radius 2 is 1.81 bits per heavy atom. The third kappa shape index (κ3) is 4.09. The largest absolute Gasteiger partial charge is 0.497 e. The zero-order valence-electron chi connectivity index (χ0n) is 17.2. The van der Waals surface area contributed by atoms with Gasteiger partial charge in [-0.25, -0.2) is 9.97 Å². The molecule has 0 bridgehead atoms. The molecule has 0 atom stereocenters. The number of aromatic nitrogens is 4. The van der Waals surface area contributed by atoms with E-state index in [9.17, 15) is 4.79 Å². The maximum atomic E-state index is 13.3. The van der Waals surface area contributed by atoms with Gasteiger partial charge in [0.05, 0.1) is 35.3 Å². The van der Waals surface area contributed by atoms with Gasteiger partial charge in [-0.3, -0.25) is 9.36 Å². The van der Waals surface area contributed by atoms with Gasteiger partial charge in [0.25, 0.3) is 5.56 Å². The number of pyridine rings is 1. The van der Waals surface area contributed by atoms with Gasteiger partial charge in [0.15, 0.2) is 5.16 Å². The Balaban J connectivity index is 1.50. The van der Waals surface area contributed by atoms with Crippen LogP contribution in [0.5, 0.6) is 5.75 Å². The second-order valence-corrected chi connectivity index (χ2v) is 8.66. The van der Waals surface area contributed by atoms with Crippen molar-refractivity contribution in [3.05, 3.63) is 99.7 Å². The molecule has 0 unspecified atom stereocenters. The van der Waals surface area contributed by atoms with Crippen molar-refractivity contribution in [2.24, 2.45) is 0 Å². The summed E-state index contributed by atoms with van der Waals surface area (Å²) in [5, 5.41) is 1.91. The zero-order valence-corrected chi connectivity index (χ0v) is 18.8. The van der Waals surface area contributed by atoms with E-state index in [0.717, 1.165) is 22.7 Å². The minimum absolute atomic E-state index is 0.0595. The lowest BCUT2D eigenvalue weighted by Gasteiger charge is -2.13. The third-order valence-corrected chi connectivity index (χ3v) is 6.37. The third-order valence-electron chi connectivity index (χ3n) is 5.14. The van der Waals surface area contributed by atoms with Crippen molar-refractivity contribution in [1.29, 1.82) is 0 Å². The summed E-state index contributed by atoms with van der Waals surface area (Å²) in [5.41, 5.74) is 3.33. The van der Waals surface area contributed by atoms with E-state index in [1.54, 1.807) is 11.7 Å². The molecule has 0 aliphatic heterocycles. The second-order valence-electron chi connectivity index (χ2n) is 7.28. The summed E-state index contributed by atoms with van der Waals surface area (Å²) in [6, 6.07) is 18.8. The molecule has 2 aromatic carbocycles. The molecule has 0 aliphatic carbocycles. The predicted octanol–water partition coefficient (Wildman–Crippen LogP) is 5.05. The number of nitrogens with zero attached hydrogens (tertiary/aromatic N) is 4. The number of fused-ring (bicyclic) bond motifs is 2. The van der Waals surface area contributed by atoms with Crippen LogP contribution in [0.25, 0.3) is 16.6 Å². The minimum atomic E-state index is -0.0595. The molecular weight excluding hydrogens is 444 g/mol. The summed E-state index contributed by atoms with van der Waals surface area (Å²) < 4.78 is 8.87. The Kier molecular flexibility index (Phi) is 5.59. The average Bonchev–Trinajstić information content (AvgIpc) is 3.22. The lowest BCUT2D eigenvalue weighted by molar-refractivity contribution is 0.414. The van der Waals surface area contributed by atoms with Crippen LogP contribution < -0.4 is 10.3 Å². The van der Waals surface area contributed by atoms with Crippen molar-refractivity contribution in [3.63, 3.8) is 0 Å². The topological polar surface area (TPSA) is 61.4 Å². The van der Waals surface area contributed by atoms with Crippen molar-refractivity contribution in [2.75, 3.05) is 7.11 Å². The number of para-hydroxylation sites is 1. The van der Waals surface area contributed by atoms with Crippen molar-refractivity contribution in [2.45, 2.75) is 17.5 Å². The van der Waals surface area contributed by atoms with Crippen molar-refractivity contribution in [3.8, 4) is 5.75 Å². The standard InChI is InChI=1S/C24H19ClN4O2S/c1-31-19-9-6-16(7-10-19)12-29-23(30)20-4-2-3-5-21(20)27-24(29)32-15-18-14-28-13-17(25)8-11-22(28)26-18/h2-11,13-14H,12,15H2,1H3. The molecule has 160 valence electrons. The highest BCUT2D eigenvalue weighted by Gasteiger charge is 2.13. The van der Waals surface area contributed by atoms with Crippen LogP contribution in [0.3, 0.4) is 0 Å². The van der Waals surface area contributed by atoms with Gasteiger partial charge in [-0.2, -0.15) is 0 Å². The number of hydrogen-bond acceptors (Lipinski definition) is 5. The average molecular weight is 463 g/mol. The molecule has 0 N–H and O–H groups in total. The lowest BCUT2D eigenvalue weighted by atomic mass is 10.2. The smallest absolute Gasteiger partial charge is 0.262 e. The van der Waals surface area contributed by atoms with Gasteiger partial charge in [0.1, 0.15) is 11.4 Å². The van der Waals surface area contributed by atoms with Crippen LogP contribution in [0.15, 0.2) is 83.0 Å². The minimum Gasteiger partial charge on any atom is -0.497 e. The first kappa shape index (κ1) is 20.6. The van der Waals surface area contributed by atoms with E-state index in [1.165, 1.54) is 11.8 Å². The fraction of sp³-hybridized carbons (Fsp3) is 0.125. The number of hydrogen-bond donors (Lipinski definition) is 0. The Hall–Kier alpha value is -3.29. The van der Waals surface area contributed by atoms with Crippen LogP contribution in [0.4, 0.5) is 0 Å². The SMILES string of the molecule is COc1ccc(Cn2c(SCc3cn4cc(Cl)ccc4n3)nc3ccccc3c2=O)cc1. The van der Waals surface area contributed by atoms with E-state index < -0.39 is 0 Å². The fourth-order valence-electron chi connectivity index (χ4n) is 3.54. The maximum Gasteiger partial charge on any atom is 0.262 e. The number of ether oxygens (including phenoxy) is 1. The molecule has 0 radical (unpaired) electrons. The van der Waals surface area contributed by atoms with E-state index in [1.807, 2.05) is 77.5 Å². The molecule has 5 aromatic rings. The van der Waals surface area contributed by atoms with Gasteiger partial charge in [-0.1, -0.05) is 47.6 Å². The molecule has 0 amide bonds. The van der Waals surface area contributed by atoms with Gasteiger partial charge >= 0.3 is 0 Å². The summed E-state index contributed by atoms with van der Waals surface area (Å²) in [5.74, 6) is 1.35. The van der Waals surface area contributed by atoms with Crippen LogP contribution in [-0.2, 0) is 12.3 Å². The highest BCUT2D eigenvalue weighted by Crippen LogP contribution is 2.24. The maximum absolute atomic E-state index is 13.3. The second kappa shape index (κ2) is 8.68. The Labute approximate surface area is 193 Å². The first-order valence-corrected chi connectivity index (χ1v) is 11.4. The molecule has 5 rings (SSSR count). The van der Waals surface area contributed by atoms with Crippen molar-refractivity contribution < 1.29 is 4.74 Å². The van der Waals surface area contributed by atoms with Gasteiger partial charge in [-0.05, 0) is 42.0 Å². The molecule has 0 aliphatic rings. The molecule has 32 heavy (non-hydrogen) atoms.